The van der Waals surface area contributed by atoms with Gasteiger partial charge in [0.15, 0.2) is 0 Å². The SMILES string of the molecule is CCN(CC)S(=O)(=O)NCC1CCCC(N)C1.Cl. The predicted octanol–water partition coefficient (Wildman–Crippen LogP) is 1.10. The molecule has 18 heavy (non-hydrogen) atoms. The van der Waals surface area contributed by atoms with E-state index in [0.29, 0.717) is 25.6 Å². The maximum atomic E-state index is 11.9. The maximum Gasteiger partial charge on any atom is 0.279 e. The van der Waals surface area contributed by atoms with Crippen LogP contribution in [0.4, 0.5) is 0 Å². The lowest BCUT2D eigenvalue weighted by Crippen LogP contribution is -2.43. The van der Waals surface area contributed by atoms with Crippen molar-refractivity contribution in [3.8, 4) is 0 Å². The van der Waals surface area contributed by atoms with Gasteiger partial charge in [-0.3, -0.25) is 0 Å². The summed E-state index contributed by atoms with van der Waals surface area (Å²) < 4.78 is 27.9. The second kappa shape index (κ2) is 8.32. The molecule has 110 valence electrons. The Bertz CT molecular complexity index is 320. The molecule has 7 heteroatoms. The van der Waals surface area contributed by atoms with Crippen LogP contribution in [0.1, 0.15) is 39.5 Å². The fourth-order valence-corrected chi connectivity index (χ4v) is 3.70. The van der Waals surface area contributed by atoms with Crippen molar-refractivity contribution >= 4 is 22.6 Å². The minimum atomic E-state index is -3.30. The van der Waals surface area contributed by atoms with Gasteiger partial charge in [-0.05, 0) is 25.2 Å². The van der Waals surface area contributed by atoms with E-state index in [9.17, 15) is 8.42 Å². The summed E-state index contributed by atoms with van der Waals surface area (Å²) in [6, 6.07) is 0.242. The Labute approximate surface area is 117 Å². The molecule has 0 bridgehead atoms. The van der Waals surface area contributed by atoms with Crippen molar-refractivity contribution in [2.75, 3.05) is 19.6 Å². The second-order valence-electron chi connectivity index (χ2n) is 4.73. The number of halogens is 1. The first-order valence-corrected chi connectivity index (χ1v) is 7.93. The molecule has 0 heterocycles. The van der Waals surface area contributed by atoms with Crippen LogP contribution in [0.25, 0.3) is 0 Å². The van der Waals surface area contributed by atoms with Gasteiger partial charge in [-0.25, -0.2) is 4.72 Å². The number of hydrogen-bond acceptors (Lipinski definition) is 3. The number of nitrogens with zero attached hydrogens (tertiary/aromatic N) is 1. The highest BCUT2D eigenvalue weighted by atomic mass is 35.5. The van der Waals surface area contributed by atoms with Gasteiger partial charge in [-0.2, -0.15) is 12.7 Å². The standard InChI is InChI=1S/C11H25N3O2S.ClH/c1-3-14(4-2)17(15,16)13-9-10-6-5-7-11(12)8-10;/h10-11,13H,3-9,12H2,1-2H3;1H. The lowest BCUT2D eigenvalue weighted by molar-refractivity contribution is 0.319. The van der Waals surface area contributed by atoms with Crippen molar-refractivity contribution in [1.82, 2.24) is 9.03 Å². The molecule has 2 unspecified atom stereocenters. The number of nitrogens with one attached hydrogen (secondary N) is 1. The molecule has 1 aliphatic rings. The van der Waals surface area contributed by atoms with Crippen molar-refractivity contribution in [2.24, 2.45) is 11.7 Å². The van der Waals surface area contributed by atoms with E-state index in [1.165, 1.54) is 4.31 Å². The molecule has 1 saturated carbocycles. The smallest absolute Gasteiger partial charge is 0.279 e. The van der Waals surface area contributed by atoms with Gasteiger partial charge in [0.05, 0.1) is 0 Å². The molecular formula is C11H26ClN3O2S. The minimum absolute atomic E-state index is 0. The molecule has 0 aromatic carbocycles. The van der Waals surface area contributed by atoms with Gasteiger partial charge in [0.1, 0.15) is 0 Å². The summed E-state index contributed by atoms with van der Waals surface area (Å²) in [6.45, 7) is 5.23. The van der Waals surface area contributed by atoms with Gasteiger partial charge in [-0.15, -0.1) is 12.4 Å². The third kappa shape index (κ3) is 5.40. The average Bonchev–Trinajstić information content (AvgIpc) is 2.28. The molecule has 1 fully saturated rings. The van der Waals surface area contributed by atoms with E-state index < -0.39 is 10.2 Å². The summed E-state index contributed by atoms with van der Waals surface area (Å²) in [5.74, 6) is 0.393. The first kappa shape index (κ1) is 18.1. The van der Waals surface area contributed by atoms with Gasteiger partial charge < -0.3 is 5.73 Å². The number of nitrogens with two attached hydrogens (primary N) is 1. The highest BCUT2D eigenvalue weighted by molar-refractivity contribution is 7.87. The van der Waals surface area contributed by atoms with Crippen LogP contribution in [-0.4, -0.2) is 38.4 Å². The molecule has 0 radical (unpaired) electrons. The van der Waals surface area contributed by atoms with E-state index in [1.807, 2.05) is 13.8 Å². The van der Waals surface area contributed by atoms with Gasteiger partial charge in [-0.1, -0.05) is 20.3 Å². The Hall–Kier alpha value is 0.120. The Morgan fingerprint density at radius 3 is 2.39 bits per heavy atom. The normalized spacial score (nSPS) is 24.9. The summed E-state index contributed by atoms with van der Waals surface area (Å²) >= 11 is 0. The average molecular weight is 300 g/mol. The maximum absolute atomic E-state index is 11.9. The summed E-state index contributed by atoms with van der Waals surface area (Å²) in [5, 5.41) is 0. The molecule has 0 aromatic rings. The highest BCUT2D eigenvalue weighted by Crippen LogP contribution is 2.22. The summed E-state index contributed by atoms with van der Waals surface area (Å²) in [4.78, 5) is 0. The van der Waals surface area contributed by atoms with Gasteiger partial charge >= 0.3 is 0 Å². The second-order valence-corrected chi connectivity index (χ2v) is 6.49. The highest BCUT2D eigenvalue weighted by Gasteiger charge is 2.23. The molecule has 0 aromatic heterocycles. The van der Waals surface area contributed by atoms with Crippen LogP contribution >= 0.6 is 12.4 Å². The zero-order valence-electron chi connectivity index (χ0n) is 11.3. The van der Waals surface area contributed by atoms with E-state index in [-0.39, 0.29) is 18.4 Å². The van der Waals surface area contributed by atoms with Crippen molar-refractivity contribution in [1.29, 1.82) is 0 Å². The third-order valence-electron chi connectivity index (χ3n) is 3.42. The Kier molecular flexibility index (Phi) is 8.38. The van der Waals surface area contributed by atoms with Gasteiger partial charge in [0, 0.05) is 25.7 Å². The van der Waals surface area contributed by atoms with Crippen LogP contribution in [0.15, 0.2) is 0 Å². The largest absolute Gasteiger partial charge is 0.328 e. The molecule has 0 amide bonds. The zero-order valence-corrected chi connectivity index (χ0v) is 12.9. The third-order valence-corrected chi connectivity index (χ3v) is 5.15. The zero-order chi connectivity index (χ0) is 12.9. The quantitative estimate of drug-likeness (QED) is 0.771. The molecule has 1 rings (SSSR count). The molecule has 2 atom stereocenters. The fraction of sp³-hybridized carbons (Fsp3) is 1.00. The molecule has 5 nitrogen and oxygen atoms in total. The molecule has 3 N–H and O–H groups in total. The molecule has 0 saturated heterocycles. The topological polar surface area (TPSA) is 75.4 Å². The Morgan fingerprint density at radius 2 is 1.89 bits per heavy atom. The minimum Gasteiger partial charge on any atom is -0.328 e. The summed E-state index contributed by atoms with van der Waals surface area (Å²) in [7, 11) is -3.30. The fourth-order valence-electron chi connectivity index (χ4n) is 2.40. The van der Waals surface area contributed by atoms with Crippen LogP contribution in [0.5, 0.6) is 0 Å². The van der Waals surface area contributed by atoms with Crippen molar-refractivity contribution in [3.63, 3.8) is 0 Å². The summed E-state index contributed by atoms with van der Waals surface area (Å²) in [5.41, 5.74) is 5.89. The van der Waals surface area contributed by atoms with E-state index in [0.717, 1.165) is 25.7 Å². The van der Waals surface area contributed by atoms with Crippen LogP contribution in [-0.2, 0) is 10.2 Å². The van der Waals surface area contributed by atoms with E-state index in [4.69, 9.17) is 5.73 Å². The van der Waals surface area contributed by atoms with Crippen LogP contribution in [0.2, 0.25) is 0 Å². The lowest BCUT2D eigenvalue weighted by Gasteiger charge is -2.27. The predicted molar refractivity (Wildman–Crippen MR) is 77.0 cm³/mol. The first-order valence-electron chi connectivity index (χ1n) is 6.49. The van der Waals surface area contributed by atoms with Crippen LogP contribution in [0.3, 0.4) is 0 Å². The monoisotopic (exact) mass is 299 g/mol. The van der Waals surface area contributed by atoms with Crippen molar-refractivity contribution in [3.05, 3.63) is 0 Å². The lowest BCUT2D eigenvalue weighted by atomic mass is 9.86. The van der Waals surface area contributed by atoms with E-state index in [1.54, 1.807) is 0 Å². The summed E-state index contributed by atoms with van der Waals surface area (Å²) in [6.07, 6.45) is 4.19. The molecule has 0 spiro atoms. The molecule has 0 aliphatic heterocycles. The Balaban J connectivity index is 0.00000289. The van der Waals surface area contributed by atoms with Gasteiger partial charge in [0.2, 0.25) is 0 Å². The first-order chi connectivity index (χ1) is 7.99. The van der Waals surface area contributed by atoms with Crippen molar-refractivity contribution in [2.45, 2.75) is 45.6 Å². The van der Waals surface area contributed by atoms with Crippen LogP contribution < -0.4 is 10.5 Å². The van der Waals surface area contributed by atoms with E-state index in [2.05, 4.69) is 4.72 Å². The number of hydrogen-bond donors (Lipinski definition) is 2. The Morgan fingerprint density at radius 1 is 1.28 bits per heavy atom. The van der Waals surface area contributed by atoms with E-state index >= 15 is 0 Å². The van der Waals surface area contributed by atoms with Crippen molar-refractivity contribution < 1.29 is 8.42 Å². The van der Waals surface area contributed by atoms with Crippen LogP contribution in [0, 0.1) is 5.92 Å². The number of rotatable bonds is 6. The molecule has 1 aliphatic carbocycles. The van der Waals surface area contributed by atoms with Gasteiger partial charge in [0.25, 0.3) is 10.2 Å². The molecular weight excluding hydrogens is 274 g/mol.